The fourth-order valence-corrected chi connectivity index (χ4v) is 3.87. The second-order valence-electron chi connectivity index (χ2n) is 7.20. The summed E-state index contributed by atoms with van der Waals surface area (Å²) in [5, 5.41) is 12.1. The fourth-order valence-electron chi connectivity index (χ4n) is 3.87. The van der Waals surface area contributed by atoms with Crippen molar-refractivity contribution in [2.45, 2.75) is 76.7 Å². The Labute approximate surface area is 139 Å². The molecule has 0 bridgehead atoms. The average Bonchev–Trinajstić information content (AvgIpc) is 2.54. The Morgan fingerprint density at radius 1 is 1.04 bits per heavy atom. The molecule has 0 aromatic rings. The Morgan fingerprint density at radius 3 is 2.39 bits per heavy atom. The number of carbonyl (C=O) groups excluding carboxylic acids is 1. The maximum absolute atomic E-state index is 12.3. The lowest BCUT2D eigenvalue weighted by atomic mass is 9.84. The van der Waals surface area contributed by atoms with Gasteiger partial charge in [0.25, 0.3) is 0 Å². The van der Waals surface area contributed by atoms with Gasteiger partial charge in [0.05, 0.1) is 0 Å². The number of ether oxygens (including phenoxy) is 1. The molecule has 5 nitrogen and oxygen atoms in total. The lowest BCUT2D eigenvalue weighted by Crippen LogP contribution is -2.38. The van der Waals surface area contributed by atoms with Crippen LogP contribution in [0.25, 0.3) is 0 Å². The summed E-state index contributed by atoms with van der Waals surface area (Å²) in [6.45, 7) is 1.50. The van der Waals surface area contributed by atoms with Crippen LogP contribution in [0.5, 0.6) is 0 Å². The molecule has 2 N–H and O–H groups in total. The zero-order valence-corrected chi connectivity index (χ0v) is 14.1. The highest BCUT2D eigenvalue weighted by Crippen LogP contribution is 2.28. The molecule has 5 heteroatoms. The first-order chi connectivity index (χ1) is 11.1. The van der Waals surface area contributed by atoms with Crippen molar-refractivity contribution < 1.29 is 19.4 Å². The molecule has 1 amide bonds. The molecule has 0 radical (unpaired) electrons. The monoisotopic (exact) mass is 325 g/mol. The minimum Gasteiger partial charge on any atom is -0.481 e. The number of hydrogen-bond donors (Lipinski definition) is 2. The van der Waals surface area contributed by atoms with Crippen LogP contribution in [0.2, 0.25) is 0 Å². The first kappa shape index (κ1) is 18.2. The number of rotatable bonds is 8. The summed E-state index contributed by atoms with van der Waals surface area (Å²) in [5.74, 6) is 0.366. The highest BCUT2D eigenvalue weighted by Gasteiger charge is 2.23. The van der Waals surface area contributed by atoms with E-state index in [1.54, 1.807) is 0 Å². The Morgan fingerprint density at radius 2 is 1.74 bits per heavy atom. The van der Waals surface area contributed by atoms with Crippen LogP contribution in [0, 0.1) is 11.8 Å². The molecule has 1 aliphatic heterocycles. The minimum absolute atomic E-state index is 0.0153. The molecule has 132 valence electrons. The second-order valence-corrected chi connectivity index (χ2v) is 7.20. The molecule has 23 heavy (non-hydrogen) atoms. The Hall–Kier alpha value is -1.10. The summed E-state index contributed by atoms with van der Waals surface area (Å²) >= 11 is 0. The molecular formula is C18H31NO4. The summed E-state index contributed by atoms with van der Waals surface area (Å²) in [6, 6.07) is 0.0153. The molecule has 0 aromatic carbocycles. The van der Waals surface area contributed by atoms with E-state index in [1.807, 2.05) is 0 Å². The molecule has 1 aliphatic carbocycles. The van der Waals surface area contributed by atoms with Gasteiger partial charge in [0.2, 0.25) is 5.91 Å². The van der Waals surface area contributed by atoms with Crippen LogP contribution in [-0.4, -0.2) is 36.2 Å². The standard InChI is InChI=1S/C18H31NO4/c20-17(13-15-8-10-23-11-9-15)19-16(6-7-18(21)22)12-14-4-2-1-3-5-14/h14-16H,1-13H2,(H,19,20)(H,21,22). The van der Waals surface area contributed by atoms with Gasteiger partial charge in [0.15, 0.2) is 0 Å². The van der Waals surface area contributed by atoms with E-state index >= 15 is 0 Å². The third-order valence-electron chi connectivity index (χ3n) is 5.23. The van der Waals surface area contributed by atoms with Gasteiger partial charge in [-0.15, -0.1) is 0 Å². The highest BCUT2D eigenvalue weighted by molar-refractivity contribution is 5.76. The first-order valence-corrected chi connectivity index (χ1v) is 9.22. The smallest absolute Gasteiger partial charge is 0.303 e. The predicted molar refractivity (Wildman–Crippen MR) is 88.2 cm³/mol. The fraction of sp³-hybridized carbons (Fsp3) is 0.889. The van der Waals surface area contributed by atoms with E-state index in [-0.39, 0.29) is 18.4 Å². The van der Waals surface area contributed by atoms with Crippen LogP contribution in [0.4, 0.5) is 0 Å². The molecule has 2 rings (SSSR count). The van der Waals surface area contributed by atoms with Gasteiger partial charge < -0.3 is 15.2 Å². The lowest BCUT2D eigenvalue weighted by molar-refractivity contribution is -0.137. The predicted octanol–water partition coefficient (Wildman–Crippen LogP) is 3.12. The van der Waals surface area contributed by atoms with E-state index in [0.29, 0.717) is 24.7 Å². The first-order valence-electron chi connectivity index (χ1n) is 9.22. The largest absolute Gasteiger partial charge is 0.481 e. The van der Waals surface area contributed by atoms with Crippen molar-refractivity contribution >= 4 is 11.9 Å². The Bertz CT molecular complexity index is 373. The highest BCUT2D eigenvalue weighted by atomic mass is 16.5. The SMILES string of the molecule is O=C(O)CCC(CC1CCCCC1)NC(=O)CC1CCOCC1. The quantitative estimate of drug-likeness (QED) is 0.719. The van der Waals surface area contributed by atoms with Gasteiger partial charge in [-0.25, -0.2) is 0 Å². The van der Waals surface area contributed by atoms with Crippen LogP contribution in [0.15, 0.2) is 0 Å². The van der Waals surface area contributed by atoms with Gasteiger partial charge in [-0.1, -0.05) is 32.1 Å². The van der Waals surface area contributed by atoms with Crippen molar-refractivity contribution in [1.29, 1.82) is 0 Å². The summed E-state index contributed by atoms with van der Waals surface area (Å²) in [4.78, 5) is 23.2. The molecule has 1 saturated carbocycles. The molecule has 1 atom stereocenters. The summed E-state index contributed by atoms with van der Waals surface area (Å²) in [6.07, 6.45) is 10.4. The number of carboxylic acids is 1. The topological polar surface area (TPSA) is 75.6 Å². The van der Waals surface area contributed by atoms with Gasteiger partial charge in [-0.3, -0.25) is 9.59 Å². The number of carbonyl (C=O) groups is 2. The number of amides is 1. The summed E-state index contributed by atoms with van der Waals surface area (Å²) in [5.41, 5.74) is 0. The van der Waals surface area contributed by atoms with Crippen LogP contribution in [-0.2, 0) is 14.3 Å². The molecular weight excluding hydrogens is 294 g/mol. The third-order valence-corrected chi connectivity index (χ3v) is 5.23. The normalized spacial score (nSPS) is 21.7. The molecule has 0 spiro atoms. The Balaban J connectivity index is 1.79. The van der Waals surface area contributed by atoms with Gasteiger partial charge in [-0.2, -0.15) is 0 Å². The number of hydrogen-bond acceptors (Lipinski definition) is 3. The van der Waals surface area contributed by atoms with E-state index in [0.717, 1.165) is 32.5 Å². The molecule has 2 fully saturated rings. The van der Waals surface area contributed by atoms with E-state index < -0.39 is 5.97 Å². The average molecular weight is 325 g/mol. The molecule has 0 aromatic heterocycles. The van der Waals surface area contributed by atoms with Crippen LogP contribution in [0.1, 0.15) is 70.6 Å². The summed E-state index contributed by atoms with van der Waals surface area (Å²) in [7, 11) is 0. The van der Waals surface area contributed by atoms with E-state index in [4.69, 9.17) is 9.84 Å². The van der Waals surface area contributed by atoms with Crippen molar-refractivity contribution in [3.63, 3.8) is 0 Å². The maximum Gasteiger partial charge on any atom is 0.303 e. The maximum atomic E-state index is 12.3. The molecule has 1 saturated heterocycles. The Kier molecular flexibility index (Phi) is 7.86. The van der Waals surface area contributed by atoms with Gasteiger partial charge in [-0.05, 0) is 37.5 Å². The van der Waals surface area contributed by atoms with Crippen molar-refractivity contribution in [2.24, 2.45) is 11.8 Å². The summed E-state index contributed by atoms with van der Waals surface area (Å²) < 4.78 is 5.33. The van der Waals surface area contributed by atoms with Crippen molar-refractivity contribution in [3.05, 3.63) is 0 Å². The van der Waals surface area contributed by atoms with Gasteiger partial charge in [0, 0.05) is 32.1 Å². The van der Waals surface area contributed by atoms with Crippen LogP contribution in [0.3, 0.4) is 0 Å². The molecule has 1 heterocycles. The number of nitrogens with one attached hydrogen (secondary N) is 1. The number of aliphatic carboxylic acids is 1. The molecule has 1 unspecified atom stereocenters. The number of carboxylic acid groups (broad SMARTS) is 1. The van der Waals surface area contributed by atoms with E-state index in [9.17, 15) is 9.59 Å². The second kappa shape index (κ2) is 9.91. The van der Waals surface area contributed by atoms with Crippen molar-refractivity contribution in [1.82, 2.24) is 5.32 Å². The van der Waals surface area contributed by atoms with Crippen molar-refractivity contribution in [2.75, 3.05) is 13.2 Å². The van der Waals surface area contributed by atoms with E-state index in [2.05, 4.69) is 5.32 Å². The molecule has 2 aliphatic rings. The minimum atomic E-state index is -0.780. The van der Waals surface area contributed by atoms with Crippen LogP contribution >= 0.6 is 0 Å². The van der Waals surface area contributed by atoms with E-state index in [1.165, 1.54) is 32.1 Å². The van der Waals surface area contributed by atoms with Crippen molar-refractivity contribution in [3.8, 4) is 0 Å². The zero-order chi connectivity index (χ0) is 16.5. The van der Waals surface area contributed by atoms with Gasteiger partial charge >= 0.3 is 5.97 Å². The van der Waals surface area contributed by atoms with Gasteiger partial charge in [0.1, 0.15) is 0 Å². The third kappa shape index (κ3) is 7.34. The van der Waals surface area contributed by atoms with Crippen LogP contribution < -0.4 is 5.32 Å². The lowest BCUT2D eigenvalue weighted by Gasteiger charge is -2.28. The zero-order valence-electron chi connectivity index (χ0n) is 14.1.